The molecule has 0 saturated heterocycles. The van der Waals surface area contributed by atoms with Gasteiger partial charge in [0.05, 0.1) is 6.61 Å². The van der Waals surface area contributed by atoms with Gasteiger partial charge in [0.1, 0.15) is 6.61 Å². The molecule has 2 N–H and O–H groups in total. The van der Waals surface area contributed by atoms with E-state index < -0.39 is 32.5 Å². The first-order chi connectivity index (χ1) is 26.3. The molecule has 0 aromatic rings. The van der Waals surface area contributed by atoms with Gasteiger partial charge in [-0.25, -0.2) is 4.57 Å². The van der Waals surface area contributed by atoms with Crippen molar-refractivity contribution in [3.8, 4) is 0 Å². The maximum atomic E-state index is 12.4. The Labute approximate surface area is 332 Å². The van der Waals surface area contributed by atoms with Crippen molar-refractivity contribution in [1.29, 1.82) is 0 Å². The number of carbonyl (C=O) groups is 2. The highest BCUT2D eigenvalue weighted by atomic mass is 31.2. The summed E-state index contributed by atoms with van der Waals surface area (Å²) < 4.78 is 26.4. The molecular weight excluding hydrogens is 699 g/mol. The topological polar surface area (TPSA) is 119 Å². The second-order valence-electron chi connectivity index (χ2n) is 15.4. The van der Waals surface area contributed by atoms with Gasteiger partial charge >= 0.3 is 19.8 Å². The Bertz CT molecular complexity index is 931. The molecule has 0 aromatic carbocycles. The summed E-state index contributed by atoms with van der Waals surface area (Å²) in [6.07, 6.45) is 47.5. The van der Waals surface area contributed by atoms with Crippen LogP contribution < -0.4 is 0 Å². The van der Waals surface area contributed by atoms with Crippen molar-refractivity contribution in [2.24, 2.45) is 0 Å². The lowest BCUT2D eigenvalue weighted by molar-refractivity contribution is -0.161. The number of esters is 2. The molecule has 1 atom stereocenters. The fourth-order valence-corrected chi connectivity index (χ4v) is 6.90. The molecule has 8 nitrogen and oxygen atoms in total. The number of phosphoric ester groups is 1. The van der Waals surface area contributed by atoms with Crippen LogP contribution in [0.3, 0.4) is 0 Å². The second kappa shape index (κ2) is 41.2. The highest BCUT2D eigenvalue weighted by Gasteiger charge is 2.22. The van der Waals surface area contributed by atoms with Crippen LogP contribution in [0.25, 0.3) is 0 Å². The van der Waals surface area contributed by atoms with E-state index in [1.165, 1.54) is 148 Å². The Balaban J connectivity index is 3.87. The highest BCUT2D eigenvalue weighted by Crippen LogP contribution is 2.36. The van der Waals surface area contributed by atoms with E-state index in [1.54, 1.807) is 0 Å². The van der Waals surface area contributed by atoms with Crippen LogP contribution in [0, 0.1) is 0 Å². The number of hydrogen-bond donors (Lipinski definition) is 2. The molecule has 54 heavy (non-hydrogen) atoms. The van der Waals surface area contributed by atoms with E-state index in [0.29, 0.717) is 6.42 Å². The predicted molar refractivity (Wildman–Crippen MR) is 225 cm³/mol. The molecule has 0 amide bonds. The summed E-state index contributed by atoms with van der Waals surface area (Å²) in [7, 11) is -4.75. The molecule has 0 aliphatic rings. The minimum atomic E-state index is -4.75. The monoisotopic (exact) mass is 785 g/mol. The van der Waals surface area contributed by atoms with E-state index in [4.69, 9.17) is 19.3 Å². The Hall–Kier alpha value is -1.47. The minimum absolute atomic E-state index is 0.211. The summed E-state index contributed by atoms with van der Waals surface area (Å²) in [6, 6.07) is 0. The summed E-state index contributed by atoms with van der Waals surface area (Å²) in [5, 5.41) is 0. The first-order valence-electron chi connectivity index (χ1n) is 22.6. The molecule has 0 fully saturated rings. The maximum absolute atomic E-state index is 12.4. The molecule has 9 heteroatoms. The number of hydrogen-bond acceptors (Lipinski definition) is 6. The average Bonchev–Trinajstić information content (AvgIpc) is 3.14. The first-order valence-corrected chi connectivity index (χ1v) is 24.2. The average molecular weight is 785 g/mol. The summed E-state index contributed by atoms with van der Waals surface area (Å²) >= 11 is 0. The number of carbonyl (C=O) groups excluding carboxylic acids is 2. The van der Waals surface area contributed by atoms with Crippen LogP contribution in [-0.2, 0) is 28.2 Å². The third-order valence-electron chi connectivity index (χ3n) is 9.94. The molecule has 0 aliphatic carbocycles. The van der Waals surface area contributed by atoms with Crippen LogP contribution in [0.5, 0.6) is 0 Å². The van der Waals surface area contributed by atoms with Crippen LogP contribution >= 0.6 is 7.82 Å². The van der Waals surface area contributed by atoms with Crippen LogP contribution in [0.2, 0.25) is 0 Å². The van der Waals surface area contributed by atoms with Crippen molar-refractivity contribution in [3.05, 3.63) is 24.3 Å². The zero-order valence-electron chi connectivity index (χ0n) is 35.1. The van der Waals surface area contributed by atoms with E-state index in [2.05, 4.69) is 42.7 Å². The molecule has 0 aliphatic heterocycles. The lowest BCUT2D eigenvalue weighted by Crippen LogP contribution is -2.29. The second-order valence-corrected chi connectivity index (χ2v) is 16.6. The molecule has 1 unspecified atom stereocenters. The maximum Gasteiger partial charge on any atom is 0.469 e. The van der Waals surface area contributed by atoms with Gasteiger partial charge in [0.25, 0.3) is 0 Å². The van der Waals surface area contributed by atoms with Gasteiger partial charge in [0.15, 0.2) is 6.10 Å². The lowest BCUT2D eigenvalue weighted by Gasteiger charge is -2.18. The van der Waals surface area contributed by atoms with Crippen molar-refractivity contribution in [1.82, 2.24) is 0 Å². The Kier molecular flexibility index (Phi) is 40.1. The van der Waals surface area contributed by atoms with Crippen molar-refractivity contribution < 1.29 is 37.9 Å². The number of ether oxygens (including phenoxy) is 2. The van der Waals surface area contributed by atoms with Gasteiger partial charge in [-0.05, 0) is 64.2 Å². The Morgan fingerprint density at radius 1 is 0.463 bits per heavy atom. The number of phosphoric acid groups is 1. The zero-order chi connectivity index (χ0) is 39.6. The molecule has 0 spiro atoms. The molecule has 318 valence electrons. The van der Waals surface area contributed by atoms with Gasteiger partial charge < -0.3 is 19.3 Å². The highest BCUT2D eigenvalue weighted by molar-refractivity contribution is 7.46. The number of allylic oxidation sites excluding steroid dienone is 4. The normalized spacial score (nSPS) is 12.6. The third kappa shape index (κ3) is 43.3. The third-order valence-corrected chi connectivity index (χ3v) is 10.4. The fraction of sp³-hybridized carbons (Fsp3) is 0.867. The van der Waals surface area contributed by atoms with Crippen molar-refractivity contribution in [2.45, 2.75) is 238 Å². The van der Waals surface area contributed by atoms with Crippen LogP contribution in [0.4, 0.5) is 0 Å². The van der Waals surface area contributed by atoms with Crippen molar-refractivity contribution in [2.75, 3.05) is 13.2 Å². The molecule has 0 radical (unpaired) electrons. The van der Waals surface area contributed by atoms with Gasteiger partial charge in [-0.2, -0.15) is 0 Å². The number of rotatable bonds is 42. The van der Waals surface area contributed by atoms with Gasteiger partial charge in [0, 0.05) is 12.8 Å². The largest absolute Gasteiger partial charge is 0.469 e. The van der Waals surface area contributed by atoms with Crippen molar-refractivity contribution >= 4 is 19.8 Å². The van der Waals surface area contributed by atoms with Crippen LogP contribution in [-0.4, -0.2) is 41.0 Å². The SMILES string of the molecule is CCCCCCCC/C=C\CCCCCCCCCCCC(=O)OC(COC(=O)CCCCCCCCC/C=C\CCCCCCCC)COP(=O)(O)O. The molecule has 0 aromatic heterocycles. The van der Waals surface area contributed by atoms with Gasteiger partial charge in [0.2, 0.25) is 0 Å². The quantitative estimate of drug-likeness (QED) is 0.0272. The molecule has 0 rings (SSSR count). The Morgan fingerprint density at radius 2 is 0.778 bits per heavy atom. The van der Waals surface area contributed by atoms with Crippen molar-refractivity contribution in [3.63, 3.8) is 0 Å². The smallest absolute Gasteiger partial charge is 0.462 e. The molecule has 0 bridgehead atoms. The van der Waals surface area contributed by atoms with Gasteiger partial charge in [-0.3, -0.25) is 14.1 Å². The summed E-state index contributed by atoms with van der Waals surface area (Å²) in [5.41, 5.74) is 0. The molecular formula is C45H85O8P. The summed E-state index contributed by atoms with van der Waals surface area (Å²) in [4.78, 5) is 42.9. The summed E-state index contributed by atoms with van der Waals surface area (Å²) in [5.74, 6) is -0.883. The molecule has 0 heterocycles. The van der Waals surface area contributed by atoms with E-state index in [0.717, 1.165) is 51.4 Å². The first kappa shape index (κ1) is 52.5. The van der Waals surface area contributed by atoms with E-state index in [-0.39, 0.29) is 19.4 Å². The van der Waals surface area contributed by atoms with E-state index >= 15 is 0 Å². The van der Waals surface area contributed by atoms with Crippen LogP contribution in [0.1, 0.15) is 232 Å². The summed E-state index contributed by atoms with van der Waals surface area (Å²) in [6.45, 7) is 3.70. The predicted octanol–water partition coefficient (Wildman–Crippen LogP) is 14.0. The standard InChI is InChI=1S/C45H85O8P/c1-3-5-7-9-11-13-15-17-19-21-22-24-26-28-30-32-34-36-38-40-45(47)53-43(42-52-54(48,49)50)41-51-44(46)39-37-35-33-31-29-27-25-23-20-18-16-14-12-10-8-6-4-2/h17-20,43H,3-16,21-42H2,1-2H3,(H2,48,49,50)/b19-17-,20-18-. The Morgan fingerprint density at radius 3 is 1.13 bits per heavy atom. The van der Waals surface area contributed by atoms with Crippen LogP contribution in [0.15, 0.2) is 24.3 Å². The molecule has 0 saturated carbocycles. The minimum Gasteiger partial charge on any atom is -0.462 e. The van der Waals surface area contributed by atoms with E-state index in [9.17, 15) is 14.2 Å². The zero-order valence-corrected chi connectivity index (χ0v) is 36.0. The van der Waals surface area contributed by atoms with Gasteiger partial charge in [-0.15, -0.1) is 0 Å². The lowest BCUT2D eigenvalue weighted by atomic mass is 10.1. The number of unbranched alkanes of at least 4 members (excludes halogenated alkanes) is 28. The van der Waals surface area contributed by atoms with Gasteiger partial charge in [-0.1, -0.05) is 179 Å². The van der Waals surface area contributed by atoms with E-state index in [1.807, 2.05) is 0 Å². The fourth-order valence-electron chi connectivity index (χ4n) is 6.54.